The number of likely N-dealkylation sites (tertiary alicyclic amines) is 1. The Morgan fingerprint density at radius 2 is 1.94 bits per heavy atom. The molecular weight excluding hydrogens is 444 g/mol. The molecule has 1 aliphatic heterocycles. The van der Waals surface area contributed by atoms with E-state index >= 15 is 0 Å². The average Bonchev–Trinajstić information content (AvgIpc) is 2.99. The van der Waals surface area contributed by atoms with Crippen molar-refractivity contribution in [2.24, 2.45) is 0 Å². The maximum Gasteiger partial charge on any atom is 0.214 e. The van der Waals surface area contributed by atoms with Gasteiger partial charge in [-0.3, -0.25) is 4.90 Å². The van der Waals surface area contributed by atoms with E-state index in [2.05, 4.69) is 33.9 Å². The SMILES string of the molecule is O=S(=O)(NCCOc1ccc2c(c1)C(Cc1cccc(Cl)c1)C(N1CCC1)C2)C1CCC1. The summed E-state index contributed by atoms with van der Waals surface area (Å²) in [4.78, 5) is 2.60. The molecule has 172 valence electrons. The normalized spacial score (nSPS) is 23.4. The van der Waals surface area contributed by atoms with E-state index in [0.29, 0.717) is 25.1 Å². The third kappa shape index (κ3) is 4.69. The Hall–Kier alpha value is -1.60. The van der Waals surface area contributed by atoms with Gasteiger partial charge < -0.3 is 4.74 Å². The van der Waals surface area contributed by atoms with Crippen molar-refractivity contribution in [2.75, 3.05) is 26.2 Å². The average molecular weight is 475 g/mol. The number of fused-ring (bicyclic) bond motifs is 1. The molecule has 1 heterocycles. The first-order valence-electron chi connectivity index (χ1n) is 11.7. The van der Waals surface area contributed by atoms with E-state index < -0.39 is 10.0 Å². The Bertz CT molecular complexity index is 1070. The summed E-state index contributed by atoms with van der Waals surface area (Å²) >= 11 is 6.25. The van der Waals surface area contributed by atoms with Crippen molar-refractivity contribution < 1.29 is 13.2 Å². The lowest BCUT2D eigenvalue weighted by Crippen LogP contribution is -2.47. The monoisotopic (exact) mass is 474 g/mol. The van der Waals surface area contributed by atoms with Gasteiger partial charge in [0.25, 0.3) is 0 Å². The van der Waals surface area contributed by atoms with Gasteiger partial charge in [-0.05, 0) is 86.1 Å². The molecule has 5 nitrogen and oxygen atoms in total. The van der Waals surface area contributed by atoms with Crippen molar-refractivity contribution in [2.45, 2.75) is 55.7 Å². The second-order valence-electron chi connectivity index (χ2n) is 9.30. The van der Waals surface area contributed by atoms with Crippen LogP contribution in [0.2, 0.25) is 5.02 Å². The molecule has 0 spiro atoms. The van der Waals surface area contributed by atoms with E-state index in [-0.39, 0.29) is 5.25 Å². The van der Waals surface area contributed by atoms with Crippen LogP contribution in [0.1, 0.15) is 48.3 Å². The summed E-state index contributed by atoms with van der Waals surface area (Å²) in [6, 6.07) is 15.1. The van der Waals surface area contributed by atoms with Crippen LogP contribution in [0.15, 0.2) is 42.5 Å². The van der Waals surface area contributed by atoms with Crippen LogP contribution in [0.3, 0.4) is 0 Å². The lowest BCUT2D eigenvalue weighted by atomic mass is 9.89. The quantitative estimate of drug-likeness (QED) is 0.555. The summed E-state index contributed by atoms with van der Waals surface area (Å²) in [6.45, 7) is 2.99. The fourth-order valence-electron chi connectivity index (χ4n) is 5.14. The van der Waals surface area contributed by atoms with E-state index in [0.717, 1.165) is 42.9 Å². The highest BCUT2D eigenvalue weighted by molar-refractivity contribution is 7.90. The van der Waals surface area contributed by atoms with Crippen molar-refractivity contribution in [3.8, 4) is 5.75 Å². The van der Waals surface area contributed by atoms with Gasteiger partial charge in [-0.15, -0.1) is 0 Å². The molecule has 2 atom stereocenters. The summed E-state index contributed by atoms with van der Waals surface area (Å²) in [5.41, 5.74) is 4.01. The highest BCUT2D eigenvalue weighted by atomic mass is 35.5. The highest BCUT2D eigenvalue weighted by Gasteiger charge is 2.38. The minimum absolute atomic E-state index is 0.215. The fraction of sp³-hybridized carbons (Fsp3) is 0.520. The molecule has 0 aromatic heterocycles. The van der Waals surface area contributed by atoms with E-state index in [1.165, 1.54) is 36.2 Å². The van der Waals surface area contributed by atoms with Gasteiger partial charge in [0.2, 0.25) is 10.0 Å². The van der Waals surface area contributed by atoms with Gasteiger partial charge in [0.1, 0.15) is 12.4 Å². The Morgan fingerprint density at radius 1 is 1.09 bits per heavy atom. The maximum absolute atomic E-state index is 12.2. The van der Waals surface area contributed by atoms with E-state index in [1.807, 2.05) is 18.2 Å². The lowest BCUT2D eigenvalue weighted by Gasteiger charge is -2.39. The van der Waals surface area contributed by atoms with Crippen LogP contribution in [-0.4, -0.2) is 50.9 Å². The predicted octanol–water partition coefficient (Wildman–Crippen LogP) is 4.15. The zero-order valence-electron chi connectivity index (χ0n) is 18.3. The number of hydrogen-bond donors (Lipinski definition) is 1. The third-order valence-corrected chi connectivity index (χ3v) is 9.47. The number of nitrogens with one attached hydrogen (secondary N) is 1. The smallest absolute Gasteiger partial charge is 0.214 e. The highest BCUT2D eigenvalue weighted by Crippen LogP contribution is 2.41. The Morgan fingerprint density at radius 3 is 2.62 bits per heavy atom. The Kier molecular flexibility index (Phi) is 6.48. The molecule has 32 heavy (non-hydrogen) atoms. The molecule has 7 heteroatoms. The number of halogens is 1. The molecule has 2 aliphatic carbocycles. The zero-order chi connectivity index (χ0) is 22.1. The van der Waals surface area contributed by atoms with Gasteiger partial charge in [0.15, 0.2) is 0 Å². The van der Waals surface area contributed by atoms with Crippen LogP contribution in [-0.2, 0) is 22.9 Å². The third-order valence-electron chi connectivity index (χ3n) is 7.28. The van der Waals surface area contributed by atoms with Crippen molar-refractivity contribution in [3.63, 3.8) is 0 Å². The first-order valence-corrected chi connectivity index (χ1v) is 13.6. The molecule has 2 aromatic rings. The molecule has 2 fully saturated rings. The molecule has 5 rings (SSSR count). The molecule has 0 radical (unpaired) electrons. The Labute approximate surface area is 196 Å². The minimum Gasteiger partial charge on any atom is -0.492 e. The van der Waals surface area contributed by atoms with E-state index in [4.69, 9.17) is 16.3 Å². The standard InChI is InChI=1S/C25H31ClN2O3S/c26-20-5-1-4-18(14-20)15-24-23-17-21(9-8-19(23)16-25(24)28-11-3-12-28)31-13-10-27-32(29,30)22-6-2-7-22/h1,4-5,8-9,14,17,22,24-25,27H,2-3,6-7,10-13,15-16H2. The van der Waals surface area contributed by atoms with Gasteiger partial charge in [-0.1, -0.05) is 36.2 Å². The van der Waals surface area contributed by atoms with Gasteiger partial charge in [0, 0.05) is 23.5 Å². The predicted molar refractivity (Wildman–Crippen MR) is 128 cm³/mol. The van der Waals surface area contributed by atoms with Gasteiger partial charge in [-0.25, -0.2) is 13.1 Å². The summed E-state index contributed by atoms with van der Waals surface area (Å²) in [6.07, 6.45) is 5.86. The Balaban J connectivity index is 1.27. The molecular formula is C25H31ClN2O3S. The molecule has 3 aliphatic rings. The van der Waals surface area contributed by atoms with Crippen molar-refractivity contribution in [1.29, 1.82) is 0 Å². The fourth-order valence-corrected chi connectivity index (χ4v) is 6.91. The number of nitrogens with zero attached hydrogens (tertiary/aromatic N) is 1. The van der Waals surface area contributed by atoms with Crippen LogP contribution in [0.4, 0.5) is 0 Å². The van der Waals surface area contributed by atoms with Gasteiger partial charge in [0.05, 0.1) is 5.25 Å². The zero-order valence-corrected chi connectivity index (χ0v) is 19.9. The number of sulfonamides is 1. The van der Waals surface area contributed by atoms with Crippen molar-refractivity contribution in [1.82, 2.24) is 9.62 Å². The minimum atomic E-state index is -3.19. The summed E-state index contributed by atoms with van der Waals surface area (Å²) in [5.74, 6) is 1.22. The maximum atomic E-state index is 12.2. The van der Waals surface area contributed by atoms with Crippen LogP contribution in [0, 0.1) is 0 Å². The van der Waals surface area contributed by atoms with Gasteiger partial charge in [-0.2, -0.15) is 0 Å². The van der Waals surface area contributed by atoms with E-state index in [9.17, 15) is 8.42 Å². The summed E-state index contributed by atoms with van der Waals surface area (Å²) in [7, 11) is -3.19. The van der Waals surface area contributed by atoms with Gasteiger partial charge >= 0.3 is 0 Å². The molecule has 0 amide bonds. The molecule has 1 saturated heterocycles. The first kappa shape index (κ1) is 22.2. The molecule has 2 unspecified atom stereocenters. The lowest BCUT2D eigenvalue weighted by molar-refractivity contribution is 0.106. The van der Waals surface area contributed by atoms with Crippen molar-refractivity contribution in [3.05, 3.63) is 64.2 Å². The van der Waals surface area contributed by atoms with Crippen LogP contribution in [0.25, 0.3) is 0 Å². The second-order valence-corrected chi connectivity index (χ2v) is 11.8. The molecule has 1 N–H and O–H groups in total. The van der Waals surface area contributed by atoms with Crippen molar-refractivity contribution >= 4 is 21.6 Å². The molecule has 1 saturated carbocycles. The largest absolute Gasteiger partial charge is 0.492 e. The summed E-state index contributed by atoms with van der Waals surface area (Å²) < 4.78 is 33.0. The van der Waals surface area contributed by atoms with Crippen LogP contribution < -0.4 is 9.46 Å². The van der Waals surface area contributed by atoms with E-state index in [1.54, 1.807) is 0 Å². The number of hydrogen-bond acceptors (Lipinski definition) is 4. The number of ether oxygens (including phenoxy) is 1. The topological polar surface area (TPSA) is 58.6 Å². The first-order chi connectivity index (χ1) is 15.5. The van der Waals surface area contributed by atoms with Crippen LogP contribution >= 0.6 is 11.6 Å². The van der Waals surface area contributed by atoms with Crippen LogP contribution in [0.5, 0.6) is 5.75 Å². The molecule has 2 aromatic carbocycles. The molecule has 0 bridgehead atoms. The number of rotatable bonds is 9. The second kappa shape index (κ2) is 9.34. The summed E-state index contributed by atoms with van der Waals surface area (Å²) in [5, 5.41) is 0.566. The number of benzene rings is 2.